The number of carbonyl (C=O) groups is 1. The molecule has 1 aliphatic heterocycles. The van der Waals surface area contributed by atoms with Gasteiger partial charge in [0, 0.05) is 12.1 Å². The fourth-order valence-electron chi connectivity index (χ4n) is 2.16. The quantitative estimate of drug-likeness (QED) is 0.355. The van der Waals surface area contributed by atoms with Crippen LogP contribution in [0.4, 0.5) is 5.69 Å². The maximum atomic E-state index is 11.7. The van der Waals surface area contributed by atoms with Crippen LogP contribution in [0.15, 0.2) is 42.2 Å². The van der Waals surface area contributed by atoms with Crippen LogP contribution in [-0.4, -0.2) is 28.0 Å². The number of carbonyl (C=O) groups excluding carboxylic acids is 1. The second-order valence-corrected chi connectivity index (χ2v) is 5.50. The Kier molecular flexibility index (Phi) is 4.76. The lowest BCUT2D eigenvalue weighted by Crippen LogP contribution is -2.21. The first kappa shape index (κ1) is 17.3. The van der Waals surface area contributed by atoms with Gasteiger partial charge in [-0.25, -0.2) is 4.98 Å². The second kappa shape index (κ2) is 7.15. The number of hydrogen-bond donors (Lipinski definition) is 2. The van der Waals surface area contributed by atoms with Gasteiger partial charge in [0.25, 0.3) is 11.6 Å². The Balaban J connectivity index is 1.83. The van der Waals surface area contributed by atoms with Gasteiger partial charge < -0.3 is 14.8 Å². The molecular weight excluding hydrogens is 360 g/mol. The van der Waals surface area contributed by atoms with E-state index in [2.05, 4.69) is 15.6 Å². The van der Waals surface area contributed by atoms with Crippen molar-refractivity contribution in [2.24, 2.45) is 0 Å². The number of pyridine rings is 1. The van der Waals surface area contributed by atoms with Crippen molar-refractivity contribution in [1.82, 2.24) is 15.6 Å². The Bertz CT molecular complexity index is 927. The molecule has 1 aromatic carbocycles. The van der Waals surface area contributed by atoms with E-state index in [4.69, 9.17) is 21.7 Å². The highest BCUT2D eigenvalue weighted by Gasteiger charge is 2.20. The number of hydrogen-bond acceptors (Lipinski definition) is 7. The predicted octanol–water partition coefficient (Wildman–Crippen LogP) is 2.14. The summed E-state index contributed by atoms with van der Waals surface area (Å²) >= 11 is 4.88. The van der Waals surface area contributed by atoms with Crippen molar-refractivity contribution in [1.29, 1.82) is 0 Å². The lowest BCUT2D eigenvalue weighted by atomic mass is 10.1. The van der Waals surface area contributed by atoms with Crippen molar-refractivity contribution in [3.05, 3.63) is 57.9 Å². The highest BCUT2D eigenvalue weighted by atomic mass is 32.1. The Morgan fingerprint density at radius 2 is 2.04 bits per heavy atom. The summed E-state index contributed by atoms with van der Waals surface area (Å²) in [5.74, 6) is 0.641. The summed E-state index contributed by atoms with van der Waals surface area (Å²) in [5.41, 5.74) is 0.877. The van der Waals surface area contributed by atoms with Crippen molar-refractivity contribution in [3.8, 4) is 17.4 Å². The molecule has 1 aliphatic rings. The summed E-state index contributed by atoms with van der Waals surface area (Å²) in [5, 5.41) is 16.1. The van der Waals surface area contributed by atoms with Crippen LogP contribution >= 0.6 is 12.2 Å². The van der Waals surface area contributed by atoms with Crippen LogP contribution in [-0.2, 0) is 4.79 Å². The molecule has 0 unspecified atom stereocenters. The van der Waals surface area contributed by atoms with Crippen molar-refractivity contribution in [2.75, 3.05) is 7.11 Å². The standard InChI is InChI=1S/C16H12N4O5S/c1-24-13-7-9(6-11-15(21)19-16(26)18-11)2-4-12(13)25-14-5-3-10(8-17-14)20(22)23/h2-8H,1H3,(H2,18,19,21,26)/b11-6-. The maximum Gasteiger partial charge on any atom is 0.287 e. The minimum absolute atomic E-state index is 0.133. The average Bonchev–Trinajstić information content (AvgIpc) is 2.93. The van der Waals surface area contributed by atoms with Crippen LogP contribution in [0.2, 0.25) is 0 Å². The van der Waals surface area contributed by atoms with Crippen LogP contribution in [0.3, 0.4) is 0 Å². The Labute approximate surface area is 152 Å². The summed E-state index contributed by atoms with van der Waals surface area (Å²) in [6, 6.07) is 7.71. The highest BCUT2D eigenvalue weighted by molar-refractivity contribution is 7.80. The minimum Gasteiger partial charge on any atom is -0.493 e. The lowest BCUT2D eigenvalue weighted by Gasteiger charge is -2.10. The SMILES string of the molecule is COc1cc(/C=C2\NC(=S)NC2=O)ccc1Oc1ccc([N+](=O)[O-])cn1. The third-order valence-corrected chi connectivity index (χ3v) is 3.57. The molecule has 1 saturated heterocycles. The number of nitrogens with zero attached hydrogens (tertiary/aromatic N) is 2. The number of rotatable bonds is 5. The van der Waals surface area contributed by atoms with Crippen LogP contribution in [0.1, 0.15) is 5.56 Å². The van der Waals surface area contributed by atoms with E-state index in [1.54, 1.807) is 24.3 Å². The summed E-state index contributed by atoms with van der Waals surface area (Å²) in [6.07, 6.45) is 2.72. The molecule has 3 rings (SSSR count). The molecule has 1 fully saturated rings. The fourth-order valence-corrected chi connectivity index (χ4v) is 2.36. The van der Waals surface area contributed by atoms with E-state index in [1.807, 2.05) is 0 Å². The van der Waals surface area contributed by atoms with E-state index in [0.717, 1.165) is 6.20 Å². The van der Waals surface area contributed by atoms with Crippen molar-refractivity contribution >= 4 is 35.0 Å². The number of thiocarbonyl (C=S) groups is 1. The third kappa shape index (κ3) is 3.75. The van der Waals surface area contributed by atoms with Gasteiger partial charge in [0.1, 0.15) is 11.9 Å². The zero-order valence-corrected chi connectivity index (χ0v) is 14.2. The van der Waals surface area contributed by atoms with E-state index < -0.39 is 4.92 Å². The molecule has 10 heteroatoms. The second-order valence-electron chi connectivity index (χ2n) is 5.09. The molecule has 0 bridgehead atoms. The van der Waals surface area contributed by atoms with Gasteiger partial charge in [0.15, 0.2) is 16.6 Å². The molecular formula is C16H12N4O5S. The van der Waals surface area contributed by atoms with Crippen LogP contribution in [0.25, 0.3) is 6.08 Å². The molecule has 2 aromatic rings. The smallest absolute Gasteiger partial charge is 0.287 e. The van der Waals surface area contributed by atoms with E-state index in [0.29, 0.717) is 22.8 Å². The lowest BCUT2D eigenvalue weighted by molar-refractivity contribution is -0.385. The number of methoxy groups -OCH3 is 1. The van der Waals surface area contributed by atoms with Gasteiger partial charge >= 0.3 is 0 Å². The van der Waals surface area contributed by atoms with Crippen molar-refractivity contribution < 1.29 is 19.2 Å². The zero-order chi connectivity index (χ0) is 18.7. The molecule has 0 atom stereocenters. The number of ether oxygens (including phenoxy) is 2. The molecule has 0 saturated carbocycles. The summed E-state index contributed by atoms with van der Waals surface area (Å²) < 4.78 is 10.9. The number of benzene rings is 1. The van der Waals surface area contributed by atoms with Gasteiger partial charge in [0.05, 0.1) is 12.0 Å². The molecule has 0 radical (unpaired) electrons. The topological polar surface area (TPSA) is 116 Å². The maximum absolute atomic E-state index is 11.7. The molecule has 0 aliphatic carbocycles. The van der Waals surface area contributed by atoms with Gasteiger partial charge in [-0.1, -0.05) is 6.07 Å². The number of nitro groups is 1. The minimum atomic E-state index is -0.543. The van der Waals surface area contributed by atoms with E-state index in [9.17, 15) is 14.9 Å². The summed E-state index contributed by atoms with van der Waals surface area (Å²) in [4.78, 5) is 25.7. The summed E-state index contributed by atoms with van der Waals surface area (Å²) in [7, 11) is 1.47. The summed E-state index contributed by atoms with van der Waals surface area (Å²) in [6.45, 7) is 0. The van der Waals surface area contributed by atoms with E-state index >= 15 is 0 Å². The molecule has 132 valence electrons. The molecule has 26 heavy (non-hydrogen) atoms. The highest BCUT2D eigenvalue weighted by Crippen LogP contribution is 2.32. The number of nitrogens with one attached hydrogen (secondary N) is 2. The van der Waals surface area contributed by atoms with Crippen LogP contribution in [0.5, 0.6) is 17.4 Å². The van der Waals surface area contributed by atoms with Crippen molar-refractivity contribution in [3.63, 3.8) is 0 Å². The Morgan fingerprint density at radius 1 is 1.23 bits per heavy atom. The van der Waals surface area contributed by atoms with Gasteiger partial charge in [-0.15, -0.1) is 0 Å². The molecule has 1 aromatic heterocycles. The monoisotopic (exact) mass is 372 g/mol. The van der Waals surface area contributed by atoms with Crippen molar-refractivity contribution in [2.45, 2.75) is 0 Å². The fraction of sp³-hybridized carbons (Fsp3) is 0.0625. The van der Waals surface area contributed by atoms with Gasteiger partial charge in [-0.05, 0) is 36.0 Å². The third-order valence-electron chi connectivity index (χ3n) is 3.36. The van der Waals surface area contributed by atoms with Gasteiger partial charge in [-0.2, -0.15) is 0 Å². The van der Waals surface area contributed by atoms with Crippen LogP contribution < -0.4 is 20.1 Å². The molecule has 2 heterocycles. The van der Waals surface area contributed by atoms with Crippen LogP contribution in [0, 0.1) is 10.1 Å². The largest absolute Gasteiger partial charge is 0.493 e. The average molecular weight is 372 g/mol. The zero-order valence-electron chi connectivity index (χ0n) is 13.4. The normalized spacial score (nSPS) is 14.7. The van der Waals surface area contributed by atoms with E-state index in [-0.39, 0.29) is 22.6 Å². The van der Waals surface area contributed by atoms with Gasteiger partial charge in [0.2, 0.25) is 5.88 Å². The number of aromatic nitrogens is 1. The molecule has 0 spiro atoms. The Hall–Kier alpha value is -3.53. The first-order chi connectivity index (χ1) is 12.5. The van der Waals surface area contributed by atoms with Gasteiger partial charge in [-0.3, -0.25) is 20.2 Å². The number of amides is 1. The Morgan fingerprint density at radius 3 is 2.62 bits per heavy atom. The first-order valence-corrected chi connectivity index (χ1v) is 7.67. The predicted molar refractivity (Wildman–Crippen MR) is 95.8 cm³/mol. The molecule has 2 N–H and O–H groups in total. The van der Waals surface area contributed by atoms with E-state index in [1.165, 1.54) is 19.2 Å². The first-order valence-electron chi connectivity index (χ1n) is 7.26. The molecule has 1 amide bonds. The molecule has 9 nitrogen and oxygen atoms in total.